The number of ether oxygens (including phenoxy) is 1. The Hall–Kier alpha value is -3.91. The molecule has 5 heteroatoms. The molecule has 0 aliphatic rings. The third-order valence-electron chi connectivity index (χ3n) is 4.50. The van der Waals surface area contributed by atoms with Crippen molar-refractivity contribution in [1.82, 2.24) is 5.32 Å². The Morgan fingerprint density at radius 1 is 0.931 bits per heavy atom. The quantitative estimate of drug-likeness (QED) is 0.644. The van der Waals surface area contributed by atoms with E-state index in [1.165, 1.54) is 0 Å². The summed E-state index contributed by atoms with van der Waals surface area (Å²) in [5, 5.41) is 12.2. The van der Waals surface area contributed by atoms with Gasteiger partial charge in [0, 0.05) is 5.56 Å². The van der Waals surface area contributed by atoms with Crippen LogP contribution in [-0.2, 0) is 9.53 Å². The smallest absolute Gasteiger partial charge is 0.339 e. The summed E-state index contributed by atoms with van der Waals surface area (Å²) < 4.78 is 5.23. The first-order chi connectivity index (χ1) is 14.1. The van der Waals surface area contributed by atoms with Gasteiger partial charge in [-0.3, -0.25) is 4.79 Å². The van der Waals surface area contributed by atoms with Crippen molar-refractivity contribution >= 4 is 11.9 Å². The van der Waals surface area contributed by atoms with Crippen LogP contribution in [0.1, 0.15) is 34.5 Å². The number of amides is 1. The molecular weight excluding hydrogens is 364 g/mol. The molecule has 0 aliphatic heterocycles. The average molecular weight is 384 g/mol. The highest BCUT2D eigenvalue weighted by Crippen LogP contribution is 2.27. The summed E-state index contributed by atoms with van der Waals surface area (Å²) >= 11 is 0. The Bertz CT molecular complexity index is 1050. The number of carbonyl (C=O) groups excluding carboxylic acids is 2. The first kappa shape index (κ1) is 19.8. The standard InChI is InChI=1S/C24H20N2O3/c1-17(18-9-3-2-4-10-18)26-23(27)16-29-24(28)22-14-8-7-13-21(22)20-12-6-5-11-19(20)15-25/h2-14,17H,16H2,1H3,(H,26,27). The molecule has 0 aliphatic carbocycles. The van der Waals surface area contributed by atoms with Gasteiger partial charge < -0.3 is 10.1 Å². The Morgan fingerprint density at radius 2 is 1.55 bits per heavy atom. The summed E-state index contributed by atoms with van der Waals surface area (Å²) in [6.07, 6.45) is 0. The minimum atomic E-state index is -0.615. The molecule has 0 radical (unpaired) electrons. The second kappa shape index (κ2) is 9.34. The molecule has 3 rings (SSSR count). The van der Waals surface area contributed by atoms with E-state index in [2.05, 4.69) is 11.4 Å². The predicted octanol–water partition coefficient (Wildman–Crippen LogP) is 4.26. The topological polar surface area (TPSA) is 79.2 Å². The Labute approximate surface area is 169 Å². The maximum Gasteiger partial charge on any atom is 0.339 e. The molecule has 1 unspecified atom stereocenters. The van der Waals surface area contributed by atoms with E-state index < -0.39 is 5.97 Å². The van der Waals surface area contributed by atoms with Gasteiger partial charge in [-0.1, -0.05) is 66.7 Å². The third kappa shape index (κ3) is 4.88. The maximum atomic E-state index is 12.6. The molecular formula is C24H20N2O3. The van der Waals surface area contributed by atoms with Crippen LogP contribution in [0.5, 0.6) is 0 Å². The van der Waals surface area contributed by atoms with E-state index in [1.54, 1.807) is 48.5 Å². The molecule has 0 spiro atoms. The first-order valence-corrected chi connectivity index (χ1v) is 9.20. The van der Waals surface area contributed by atoms with Gasteiger partial charge in [-0.15, -0.1) is 0 Å². The van der Waals surface area contributed by atoms with Crippen LogP contribution in [-0.4, -0.2) is 18.5 Å². The van der Waals surface area contributed by atoms with Crippen LogP contribution in [0.2, 0.25) is 0 Å². The second-order valence-electron chi connectivity index (χ2n) is 6.48. The Morgan fingerprint density at radius 3 is 2.28 bits per heavy atom. The minimum Gasteiger partial charge on any atom is -0.452 e. The van der Waals surface area contributed by atoms with E-state index in [1.807, 2.05) is 37.3 Å². The van der Waals surface area contributed by atoms with Crippen LogP contribution in [0, 0.1) is 11.3 Å². The van der Waals surface area contributed by atoms with Crippen LogP contribution >= 0.6 is 0 Å². The highest BCUT2D eigenvalue weighted by Gasteiger charge is 2.17. The molecule has 0 saturated carbocycles. The molecule has 29 heavy (non-hydrogen) atoms. The van der Waals surface area contributed by atoms with Gasteiger partial charge in [-0.2, -0.15) is 5.26 Å². The number of nitriles is 1. The lowest BCUT2D eigenvalue weighted by Crippen LogP contribution is -2.31. The predicted molar refractivity (Wildman–Crippen MR) is 110 cm³/mol. The third-order valence-corrected chi connectivity index (χ3v) is 4.50. The molecule has 5 nitrogen and oxygen atoms in total. The first-order valence-electron chi connectivity index (χ1n) is 9.20. The van der Waals surface area contributed by atoms with E-state index in [4.69, 9.17) is 4.74 Å². The number of esters is 1. The highest BCUT2D eigenvalue weighted by molar-refractivity contribution is 5.98. The average Bonchev–Trinajstić information content (AvgIpc) is 2.78. The largest absolute Gasteiger partial charge is 0.452 e. The fraction of sp³-hybridized carbons (Fsp3) is 0.125. The molecule has 1 amide bonds. The van der Waals surface area contributed by atoms with Gasteiger partial charge in [0.25, 0.3) is 5.91 Å². The summed E-state index contributed by atoms with van der Waals surface area (Å²) in [4.78, 5) is 24.8. The molecule has 144 valence electrons. The monoisotopic (exact) mass is 384 g/mol. The number of nitrogens with zero attached hydrogens (tertiary/aromatic N) is 1. The van der Waals surface area contributed by atoms with Crippen molar-refractivity contribution in [3.63, 3.8) is 0 Å². The van der Waals surface area contributed by atoms with E-state index in [-0.39, 0.29) is 18.6 Å². The molecule has 0 heterocycles. The molecule has 0 saturated heterocycles. The fourth-order valence-corrected chi connectivity index (χ4v) is 3.03. The molecule has 0 fully saturated rings. The lowest BCUT2D eigenvalue weighted by molar-refractivity contribution is -0.124. The fourth-order valence-electron chi connectivity index (χ4n) is 3.03. The molecule has 1 atom stereocenters. The minimum absolute atomic E-state index is 0.197. The van der Waals surface area contributed by atoms with Crippen molar-refractivity contribution in [2.45, 2.75) is 13.0 Å². The van der Waals surface area contributed by atoms with Crippen molar-refractivity contribution in [3.05, 3.63) is 95.6 Å². The van der Waals surface area contributed by atoms with Crippen LogP contribution in [0.25, 0.3) is 11.1 Å². The highest BCUT2D eigenvalue weighted by atomic mass is 16.5. The number of rotatable bonds is 6. The lowest BCUT2D eigenvalue weighted by atomic mass is 9.96. The normalized spacial score (nSPS) is 11.2. The Kier molecular flexibility index (Phi) is 6.39. The van der Waals surface area contributed by atoms with Gasteiger partial charge in [0.15, 0.2) is 6.61 Å². The number of carbonyl (C=O) groups is 2. The zero-order chi connectivity index (χ0) is 20.6. The number of benzene rings is 3. The summed E-state index contributed by atoms with van der Waals surface area (Å²) in [5.74, 6) is -1.000. The van der Waals surface area contributed by atoms with Gasteiger partial charge in [-0.25, -0.2) is 4.79 Å². The van der Waals surface area contributed by atoms with Gasteiger partial charge in [-0.05, 0) is 30.2 Å². The number of hydrogen-bond donors (Lipinski definition) is 1. The molecule has 3 aromatic rings. The van der Waals surface area contributed by atoms with Crippen molar-refractivity contribution in [2.24, 2.45) is 0 Å². The van der Waals surface area contributed by atoms with Crippen LogP contribution < -0.4 is 5.32 Å². The molecule has 0 aromatic heterocycles. The number of nitrogens with one attached hydrogen (secondary N) is 1. The van der Waals surface area contributed by atoms with Crippen molar-refractivity contribution in [1.29, 1.82) is 5.26 Å². The van der Waals surface area contributed by atoms with E-state index in [9.17, 15) is 14.9 Å². The van der Waals surface area contributed by atoms with Gasteiger partial charge in [0.1, 0.15) is 0 Å². The van der Waals surface area contributed by atoms with Crippen molar-refractivity contribution in [2.75, 3.05) is 6.61 Å². The summed E-state index contributed by atoms with van der Waals surface area (Å²) in [6, 6.07) is 25.4. The zero-order valence-electron chi connectivity index (χ0n) is 16.0. The SMILES string of the molecule is CC(NC(=O)COC(=O)c1ccccc1-c1ccccc1C#N)c1ccccc1. The Balaban J connectivity index is 1.69. The molecule has 1 N–H and O–H groups in total. The van der Waals surface area contributed by atoms with E-state index in [0.29, 0.717) is 22.3 Å². The van der Waals surface area contributed by atoms with Crippen LogP contribution in [0.15, 0.2) is 78.9 Å². The summed E-state index contributed by atoms with van der Waals surface area (Å²) in [5.41, 5.74) is 2.96. The van der Waals surface area contributed by atoms with Crippen LogP contribution in [0.4, 0.5) is 0 Å². The summed E-state index contributed by atoms with van der Waals surface area (Å²) in [6.45, 7) is 1.48. The number of hydrogen-bond acceptors (Lipinski definition) is 4. The van der Waals surface area contributed by atoms with Crippen molar-refractivity contribution < 1.29 is 14.3 Å². The van der Waals surface area contributed by atoms with Gasteiger partial charge >= 0.3 is 5.97 Å². The maximum absolute atomic E-state index is 12.6. The second-order valence-corrected chi connectivity index (χ2v) is 6.48. The van der Waals surface area contributed by atoms with E-state index >= 15 is 0 Å². The zero-order valence-corrected chi connectivity index (χ0v) is 16.0. The van der Waals surface area contributed by atoms with Gasteiger partial charge in [0.05, 0.1) is 23.2 Å². The molecule has 3 aromatic carbocycles. The lowest BCUT2D eigenvalue weighted by Gasteiger charge is -2.15. The van der Waals surface area contributed by atoms with Gasteiger partial charge in [0.2, 0.25) is 0 Å². The van der Waals surface area contributed by atoms with E-state index in [0.717, 1.165) is 5.56 Å². The van der Waals surface area contributed by atoms with Crippen molar-refractivity contribution in [3.8, 4) is 17.2 Å². The summed E-state index contributed by atoms with van der Waals surface area (Å²) in [7, 11) is 0. The molecule has 0 bridgehead atoms. The van der Waals surface area contributed by atoms with Crippen LogP contribution in [0.3, 0.4) is 0 Å².